The fraction of sp³-hybridized carbons (Fsp3) is 0.800. The molecule has 3 fully saturated rings. The maximum absolute atomic E-state index is 9.45. The number of nitrogens with zero attached hydrogens (tertiary/aromatic N) is 2. The molecule has 3 rings (SSSR count). The maximum atomic E-state index is 9.45. The van der Waals surface area contributed by atoms with Crippen LogP contribution in [0.25, 0.3) is 0 Å². The van der Waals surface area contributed by atoms with Gasteiger partial charge in [0.1, 0.15) is 5.60 Å². The Labute approximate surface area is 133 Å². The summed E-state index contributed by atoms with van der Waals surface area (Å²) in [5.74, 6) is 5.44. The summed E-state index contributed by atoms with van der Waals surface area (Å²) < 4.78 is 17.9. The van der Waals surface area contributed by atoms with Crippen molar-refractivity contribution in [2.45, 2.75) is 31.9 Å². The fourth-order valence-corrected chi connectivity index (χ4v) is 4.85. The van der Waals surface area contributed by atoms with Gasteiger partial charge in [0.15, 0.2) is 0 Å². The second-order valence-corrected chi connectivity index (χ2v) is 8.77. The van der Waals surface area contributed by atoms with E-state index in [-0.39, 0.29) is 0 Å². The zero-order valence-electron chi connectivity index (χ0n) is 13.5. The Morgan fingerprint density at radius 1 is 1.18 bits per heavy atom. The third kappa shape index (κ3) is 6.16. The van der Waals surface area contributed by atoms with E-state index in [1.54, 1.807) is 20.1 Å². The van der Waals surface area contributed by atoms with E-state index >= 15 is 0 Å². The van der Waals surface area contributed by atoms with Gasteiger partial charge in [-0.3, -0.25) is 9.89 Å². The van der Waals surface area contributed by atoms with Gasteiger partial charge in [0.05, 0.1) is 26.0 Å². The lowest BCUT2D eigenvalue weighted by Gasteiger charge is -2.38. The average molecular weight is 326 g/mol. The van der Waals surface area contributed by atoms with Gasteiger partial charge in [-0.25, -0.2) is 0 Å². The standard InChI is InChI=1S/C15H26N2O4Si/c1-15(2,18)5-3-6-16-7-4-14-22-19-11-8-17(9-12-20-22)10-13-21-22/h6,18H,4,7-14H2,1-2H3. The lowest BCUT2D eigenvalue weighted by Crippen LogP contribution is -2.55. The number of fused-ring (bicyclic) bond motifs is 6. The molecule has 7 heteroatoms. The molecule has 3 aliphatic heterocycles. The first-order chi connectivity index (χ1) is 10.5. The van der Waals surface area contributed by atoms with Crippen molar-refractivity contribution in [3.8, 4) is 11.8 Å². The first-order valence-electron chi connectivity index (χ1n) is 7.87. The van der Waals surface area contributed by atoms with Crippen LogP contribution >= 0.6 is 0 Å². The molecule has 124 valence electrons. The molecule has 3 saturated heterocycles. The Morgan fingerprint density at radius 2 is 1.77 bits per heavy atom. The van der Waals surface area contributed by atoms with Crippen LogP contribution in [0.15, 0.2) is 4.99 Å². The molecule has 0 radical (unpaired) electrons. The smallest absolute Gasteiger partial charge is 0.378 e. The van der Waals surface area contributed by atoms with Crippen molar-refractivity contribution in [1.82, 2.24) is 4.90 Å². The average Bonchev–Trinajstić information content (AvgIpc) is 2.36. The highest BCUT2D eigenvalue weighted by Gasteiger charge is 2.43. The summed E-state index contributed by atoms with van der Waals surface area (Å²) in [5, 5.41) is 9.45. The van der Waals surface area contributed by atoms with Crippen molar-refractivity contribution in [3.05, 3.63) is 0 Å². The minimum Gasteiger partial charge on any atom is -0.378 e. The number of aliphatic hydroxyl groups is 1. The van der Waals surface area contributed by atoms with Crippen molar-refractivity contribution in [2.24, 2.45) is 4.99 Å². The number of hydrogen-bond acceptors (Lipinski definition) is 6. The minimum atomic E-state index is -2.50. The normalized spacial score (nSPS) is 29.5. The van der Waals surface area contributed by atoms with Crippen LogP contribution in [0.3, 0.4) is 0 Å². The van der Waals surface area contributed by atoms with Crippen molar-refractivity contribution in [1.29, 1.82) is 0 Å². The number of rotatable bonds is 4. The molecule has 3 heterocycles. The van der Waals surface area contributed by atoms with E-state index in [0.29, 0.717) is 26.4 Å². The second-order valence-electron chi connectivity index (χ2n) is 6.04. The van der Waals surface area contributed by atoms with E-state index in [9.17, 15) is 5.11 Å². The van der Waals surface area contributed by atoms with Gasteiger partial charge >= 0.3 is 8.80 Å². The van der Waals surface area contributed by atoms with E-state index in [1.165, 1.54) is 0 Å². The van der Waals surface area contributed by atoms with Gasteiger partial charge in [-0.1, -0.05) is 11.8 Å². The molecule has 1 N–H and O–H groups in total. The molecule has 0 aromatic carbocycles. The molecule has 2 bridgehead atoms. The summed E-state index contributed by atoms with van der Waals surface area (Å²) in [6.45, 7) is 8.91. The molecule has 0 aliphatic carbocycles. The summed E-state index contributed by atoms with van der Waals surface area (Å²) in [4.78, 5) is 6.55. The molecule has 6 nitrogen and oxygen atoms in total. The second kappa shape index (κ2) is 8.20. The minimum absolute atomic E-state index is 0.664. The summed E-state index contributed by atoms with van der Waals surface area (Å²) in [6.07, 6.45) is 2.41. The molecule has 0 amide bonds. The Balaban J connectivity index is 1.76. The Bertz CT molecular complexity index is 413. The zero-order chi connectivity index (χ0) is 15.9. The van der Waals surface area contributed by atoms with E-state index in [2.05, 4.69) is 21.7 Å². The molecule has 22 heavy (non-hydrogen) atoms. The Morgan fingerprint density at radius 3 is 2.32 bits per heavy atom. The Hall–Kier alpha value is -0.753. The predicted octanol–water partition coefficient (Wildman–Crippen LogP) is 0.540. The van der Waals surface area contributed by atoms with Gasteiger partial charge < -0.3 is 18.4 Å². The van der Waals surface area contributed by atoms with E-state index in [0.717, 1.165) is 32.1 Å². The molecule has 0 unspecified atom stereocenters. The van der Waals surface area contributed by atoms with Crippen LogP contribution < -0.4 is 0 Å². The van der Waals surface area contributed by atoms with Gasteiger partial charge in [-0.05, 0) is 20.3 Å². The molecular formula is C15H26N2O4Si. The quantitative estimate of drug-likeness (QED) is 0.354. The van der Waals surface area contributed by atoms with Crippen LogP contribution in [0.5, 0.6) is 0 Å². The molecule has 0 aromatic rings. The first kappa shape index (κ1) is 17.6. The van der Waals surface area contributed by atoms with Crippen LogP contribution in [-0.2, 0) is 13.3 Å². The van der Waals surface area contributed by atoms with Gasteiger partial charge in [-0.2, -0.15) is 0 Å². The molecular weight excluding hydrogens is 300 g/mol. The highest BCUT2D eigenvalue weighted by atomic mass is 28.4. The van der Waals surface area contributed by atoms with Crippen LogP contribution in [0.4, 0.5) is 0 Å². The lowest BCUT2D eigenvalue weighted by atomic mass is 10.1. The zero-order valence-corrected chi connectivity index (χ0v) is 14.5. The van der Waals surface area contributed by atoms with Crippen LogP contribution in [0.1, 0.15) is 20.3 Å². The van der Waals surface area contributed by atoms with Crippen molar-refractivity contribution >= 4 is 15.0 Å². The maximum Gasteiger partial charge on any atom is 0.501 e. The Kier molecular flexibility index (Phi) is 6.56. The van der Waals surface area contributed by atoms with Crippen molar-refractivity contribution < 1.29 is 18.4 Å². The van der Waals surface area contributed by atoms with Gasteiger partial charge in [0.2, 0.25) is 0 Å². The van der Waals surface area contributed by atoms with Gasteiger partial charge in [-0.15, -0.1) is 0 Å². The molecule has 0 saturated carbocycles. The van der Waals surface area contributed by atoms with Crippen LogP contribution in [0.2, 0.25) is 6.04 Å². The predicted molar refractivity (Wildman–Crippen MR) is 86.9 cm³/mol. The summed E-state index contributed by atoms with van der Waals surface area (Å²) in [5.41, 5.74) is -0.973. The number of aliphatic imine (C=N–C) groups is 1. The van der Waals surface area contributed by atoms with Gasteiger partial charge in [0, 0.05) is 32.2 Å². The van der Waals surface area contributed by atoms with Gasteiger partial charge in [0.25, 0.3) is 0 Å². The monoisotopic (exact) mass is 326 g/mol. The van der Waals surface area contributed by atoms with Crippen LogP contribution in [-0.4, -0.2) is 76.6 Å². The summed E-state index contributed by atoms with van der Waals surface area (Å²) >= 11 is 0. The van der Waals surface area contributed by atoms with E-state index < -0.39 is 14.4 Å². The summed E-state index contributed by atoms with van der Waals surface area (Å²) in [6, 6.07) is 0.795. The largest absolute Gasteiger partial charge is 0.501 e. The SMILES string of the molecule is CC(C)(O)C#CC=NCCC[Si]12OCCN(CCO1)CCO2. The van der Waals surface area contributed by atoms with Crippen molar-refractivity contribution in [3.63, 3.8) is 0 Å². The molecule has 0 spiro atoms. The third-order valence-electron chi connectivity index (χ3n) is 3.49. The molecule has 0 aromatic heterocycles. The van der Waals surface area contributed by atoms with Crippen molar-refractivity contribution in [2.75, 3.05) is 46.0 Å². The van der Waals surface area contributed by atoms with Crippen LogP contribution in [0, 0.1) is 11.8 Å². The third-order valence-corrected chi connectivity index (χ3v) is 6.39. The van der Waals surface area contributed by atoms with E-state index in [4.69, 9.17) is 13.3 Å². The molecule has 0 atom stereocenters. The lowest BCUT2D eigenvalue weighted by molar-refractivity contribution is -0.00841. The topological polar surface area (TPSA) is 63.5 Å². The highest BCUT2D eigenvalue weighted by Crippen LogP contribution is 2.21. The first-order valence-corrected chi connectivity index (χ1v) is 9.80. The number of hydrogen-bond donors (Lipinski definition) is 1. The van der Waals surface area contributed by atoms with E-state index in [1.807, 2.05) is 0 Å². The fourth-order valence-electron chi connectivity index (χ4n) is 2.37. The molecule has 3 aliphatic rings. The summed E-state index contributed by atoms with van der Waals surface area (Å²) in [7, 11) is -2.50. The highest BCUT2D eigenvalue weighted by molar-refractivity contribution is 6.60.